The van der Waals surface area contributed by atoms with Gasteiger partial charge in [0.1, 0.15) is 11.5 Å². The highest BCUT2D eigenvalue weighted by Crippen LogP contribution is 2.29. The number of carbonyl (C=O) groups excluding carboxylic acids is 1. The number of halogens is 7. The molecule has 4 rings (SSSR count). The minimum absolute atomic E-state index is 0.0473. The molecular formula is C28H25F7N2O3. The minimum atomic E-state index is -4.74. The SMILES string of the molecule is CC(NC1=CCN(c2ccc(OC(F)(F)F)cc2)C1=O)c1ccccc1.Cc1cccc(OC(F)(F)C(F)F)c1. The van der Waals surface area contributed by atoms with Crippen molar-refractivity contribution in [1.82, 2.24) is 5.32 Å². The van der Waals surface area contributed by atoms with E-state index < -0.39 is 18.9 Å². The highest BCUT2D eigenvalue weighted by molar-refractivity contribution is 6.07. The predicted octanol–water partition coefficient (Wildman–Crippen LogP) is 7.40. The number of nitrogens with one attached hydrogen (secondary N) is 1. The van der Waals surface area contributed by atoms with Crippen molar-refractivity contribution in [1.29, 1.82) is 0 Å². The lowest BCUT2D eigenvalue weighted by Gasteiger charge is -2.20. The normalized spacial score (nSPS) is 14.3. The Kier molecular flexibility index (Phi) is 9.67. The number of anilines is 1. The van der Waals surface area contributed by atoms with Crippen molar-refractivity contribution in [3.05, 3.63) is 102 Å². The number of aryl methyl sites for hydroxylation is 1. The maximum absolute atomic E-state index is 12.6. The van der Waals surface area contributed by atoms with Gasteiger partial charge in [-0.3, -0.25) is 4.79 Å². The molecular weight excluding hydrogens is 545 g/mol. The molecule has 1 unspecified atom stereocenters. The number of hydrogen-bond donors (Lipinski definition) is 1. The Labute approximate surface area is 225 Å². The molecule has 5 nitrogen and oxygen atoms in total. The summed E-state index contributed by atoms with van der Waals surface area (Å²) < 4.78 is 92.6. The molecule has 0 aliphatic carbocycles. The summed E-state index contributed by atoms with van der Waals surface area (Å²) in [4.78, 5) is 14.1. The third-order valence-corrected chi connectivity index (χ3v) is 5.50. The summed E-state index contributed by atoms with van der Waals surface area (Å²) in [6.07, 6.45) is -11.2. The Morgan fingerprint density at radius 2 is 1.50 bits per heavy atom. The van der Waals surface area contributed by atoms with Gasteiger partial charge in [0.15, 0.2) is 0 Å². The molecule has 1 aliphatic rings. The molecule has 0 saturated carbocycles. The van der Waals surface area contributed by atoms with Gasteiger partial charge in [-0.25, -0.2) is 0 Å². The molecule has 1 amide bonds. The van der Waals surface area contributed by atoms with Gasteiger partial charge >= 0.3 is 18.9 Å². The Bertz CT molecular complexity index is 1300. The first-order chi connectivity index (χ1) is 18.7. The molecule has 40 heavy (non-hydrogen) atoms. The molecule has 0 radical (unpaired) electrons. The Morgan fingerprint density at radius 1 is 0.850 bits per heavy atom. The van der Waals surface area contributed by atoms with Gasteiger partial charge in [-0.2, -0.15) is 17.6 Å². The first-order valence-electron chi connectivity index (χ1n) is 11.9. The lowest BCUT2D eigenvalue weighted by molar-refractivity contribution is -0.274. The molecule has 3 aromatic rings. The number of benzene rings is 3. The predicted molar refractivity (Wildman–Crippen MR) is 134 cm³/mol. The van der Waals surface area contributed by atoms with Gasteiger partial charge in [-0.1, -0.05) is 42.5 Å². The Morgan fingerprint density at radius 3 is 2.08 bits per heavy atom. The molecule has 3 aromatic carbocycles. The average molecular weight is 571 g/mol. The monoisotopic (exact) mass is 570 g/mol. The van der Waals surface area contributed by atoms with Gasteiger partial charge in [0, 0.05) is 18.3 Å². The number of rotatable bonds is 8. The Hall–Kier alpha value is -4.22. The van der Waals surface area contributed by atoms with Crippen LogP contribution in [0, 0.1) is 6.92 Å². The summed E-state index contributed by atoms with van der Waals surface area (Å²) in [5.41, 5.74) is 2.68. The summed E-state index contributed by atoms with van der Waals surface area (Å²) in [6.45, 7) is 3.95. The molecule has 0 spiro atoms. The van der Waals surface area contributed by atoms with Crippen LogP contribution in [-0.2, 0) is 4.79 Å². The van der Waals surface area contributed by atoms with Crippen LogP contribution in [0.3, 0.4) is 0 Å². The van der Waals surface area contributed by atoms with E-state index in [2.05, 4.69) is 14.8 Å². The third-order valence-electron chi connectivity index (χ3n) is 5.50. The van der Waals surface area contributed by atoms with Crippen molar-refractivity contribution < 1.29 is 45.0 Å². The molecule has 1 atom stereocenters. The van der Waals surface area contributed by atoms with Gasteiger partial charge in [0.05, 0.1) is 5.70 Å². The number of carbonyl (C=O) groups is 1. The van der Waals surface area contributed by atoms with Crippen LogP contribution in [0.15, 0.2) is 90.6 Å². The van der Waals surface area contributed by atoms with Crippen LogP contribution in [0.4, 0.5) is 36.4 Å². The van der Waals surface area contributed by atoms with Crippen molar-refractivity contribution in [3.63, 3.8) is 0 Å². The molecule has 1 aliphatic heterocycles. The van der Waals surface area contributed by atoms with Crippen molar-refractivity contribution in [2.45, 2.75) is 38.8 Å². The molecule has 214 valence electrons. The van der Waals surface area contributed by atoms with Gasteiger partial charge in [0.25, 0.3) is 5.91 Å². The van der Waals surface area contributed by atoms with E-state index >= 15 is 0 Å². The van der Waals surface area contributed by atoms with E-state index in [0.29, 0.717) is 23.5 Å². The lowest BCUT2D eigenvalue weighted by atomic mass is 10.1. The van der Waals surface area contributed by atoms with E-state index in [1.54, 1.807) is 19.1 Å². The van der Waals surface area contributed by atoms with E-state index in [1.165, 1.54) is 47.4 Å². The zero-order chi connectivity index (χ0) is 29.5. The van der Waals surface area contributed by atoms with E-state index in [9.17, 15) is 35.5 Å². The first kappa shape index (κ1) is 30.3. The summed E-state index contributed by atoms with van der Waals surface area (Å²) in [6, 6.07) is 20.4. The Balaban J connectivity index is 0.000000267. The third kappa shape index (κ3) is 8.65. The molecule has 0 aromatic heterocycles. The molecule has 1 N–H and O–H groups in total. The summed E-state index contributed by atoms with van der Waals surface area (Å²) in [7, 11) is 0. The fourth-order valence-electron chi connectivity index (χ4n) is 3.61. The van der Waals surface area contributed by atoms with E-state index in [4.69, 9.17) is 0 Å². The smallest absolute Gasteiger partial charge is 0.428 e. The minimum Gasteiger partial charge on any atom is -0.428 e. The zero-order valence-corrected chi connectivity index (χ0v) is 21.3. The molecule has 0 bridgehead atoms. The van der Waals surface area contributed by atoms with E-state index in [0.717, 1.165) is 5.56 Å². The molecule has 0 saturated heterocycles. The van der Waals surface area contributed by atoms with Crippen molar-refractivity contribution in [3.8, 4) is 11.5 Å². The largest absolute Gasteiger partial charge is 0.573 e. The molecule has 0 fully saturated rings. The maximum Gasteiger partial charge on any atom is 0.573 e. The standard InChI is InChI=1S/C19H17F3N2O2.C9H8F4O/c1-13(14-5-3-2-4-6-14)23-17-11-12-24(18(17)25)15-7-9-16(10-8-15)26-19(20,21)22;1-6-3-2-4-7(5-6)14-9(12,13)8(10)11/h2-11,13,23H,12H2,1H3;2-5,8H,1H3. The number of amides is 1. The van der Waals surface area contributed by atoms with Crippen LogP contribution in [0.2, 0.25) is 0 Å². The highest BCUT2D eigenvalue weighted by atomic mass is 19.4. The van der Waals surface area contributed by atoms with Crippen molar-refractivity contribution >= 4 is 11.6 Å². The second-order valence-corrected chi connectivity index (χ2v) is 8.63. The van der Waals surface area contributed by atoms with Crippen LogP contribution in [0.25, 0.3) is 0 Å². The fraction of sp³-hybridized carbons (Fsp3) is 0.250. The highest BCUT2D eigenvalue weighted by Gasteiger charge is 2.44. The zero-order valence-electron chi connectivity index (χ0n) is 21.3. The van der Waals surface area contributed by atoms with Gasteiger partial charge in [0.2, 0.25) is 0 Å². The maximum atomic E-state index is 12.6. The quantitative estimate of drug-likeness (QED) is 0.287. The summed E-state index contributed by atoms with van der Waals surface area (Å²) >= 11 is 0. The molecule has 12 heteroatoms. The first-order valence-corrected chi connectivity index (χ1v) is 11.9. The number of ether oxygens (including phenoxy) is 2. The van der Waals surface area contributed by atoms with Crippen LogP contribution in [-0.4, -0.2) is 31.3 Å². The number of alkyl halides is 7. The van der Waals surface area contributed by atoms with Crippen LogP contribution in [0.5, 0.6) is 11.5 Å². The van der Waals surface area contributed by atoms with Crippen molar-refractivity contribution in [2.75, 3.05) is 11.4 Å². The lowest BCUT2D eigenvalue weighted by Crippen LogP contribution is -2.33. The molecule has 1 heterocycles. The topological polar surface area (TPSA) is 50.8 Å². The van der Waals surface area contributed by atoms with E-state index in [-0.39, 0.29) is 23.4 Å². The van der Waals surface area contributed by atoms with Gasteiger partial charge in [-0.15, -0.1) is 13.2 Å². The second-order valence-electron chi connectivity index (χ2n) is 8.63. The second kappa shape index (κ2) is 12.8. The summed E-state index contributed by atoms with van der Waals surface area (Å²) in [5, 5.41) is 3.18. The number of hydrogen-bond acceptors (Lipinski definition) is 4. The fourth-order valence-corrected chi connectivity index (χ4v) is 3.61. The van der Waals surface area contributed by atoms with Crippen LogP contribution >= 0.6 is 0 Å². The van der Waals surface area contributed by atoms with Crippen molar-refractivity contribution in [2.24, 2.45) is 0 Å². The summed E-state index contributed by atoms with van der Waals surface area (Å²) in [5.74, 6) is -0.815. The number of nitrogens with zero attached hydrogens (tertiary/aromatic N) is 1. The average Bonchev–Trinajstić information content (AvgIpc) is 3.24. The van der Waals surface area contributed by atoms with Gasteiger partial charge < -0.3 is 19.7 Å². The van der Waals surface area contributed by atoms with E-state index in [1.807, 2.05) is 37.3 Å². The van der Waals surface area contributed by atoms with Crippen LogP contribution in [0.1, 0.15) is 24.1 Å². The van der Waals surface area contributed by atoms with Crippen LogP contribution < -0.4 is 19.7 Å². The van der Waals surface area contributed by atoms with Gasteiger partial charge in [-0.05, 0) is 67.4 Å².